The number of hydrogen-bond donors (Lipinski definition) is 0. The van der Waals surface area contributed by atoms with Crippen molar-refractivity contribution in [3.63, 3.8) is 0 Å². The number of hydrogen-bond acceptors (Lipinski definition) is 4. The van der Waals surface area contributed by atoms with E-state index in [1.165, 1.54) is 27.1 Å². The van der Waals surface area contributed by atoms with E-state index in [1.807, 2.05) is 12.1 Å². The van der Waals surface area contributed by atoms with E-state index in [0.717, 1.165) is 55.6 Å². The van der Waals surface area contributed by atoms with Gasteiger partial charge in [-0.05, 0) is 75.2 Å². The molecule has 0 aliphatic heterocycles. The third-order valence-electron chi connectivity index (χ3n) is 11.4. The van der Waals surface area contributed by atoms with E-state index in [-0.39, 0.29) is 46.2 Å². The zero-order valence-electron chi connectivity index (χ0n) is 39.4. The minimum atomic E-state index is -0.896. The van der Waals surface area contributed by atoms with Crippen LogP contribution in [0.1, 0.15) is 40.2 Å². The third-order valence-corrected chi connectivity index (χ3v) is 12.6. The first-order valence-corrected chi connectivity index (χ1v) is 19.5. The van der Waals surface area contributed by atoms with Crippen LogP contribution in [-0.2, 0) is 5.41 Å². The Bertz CT molecular complexity index is 3660. The average molecular weight is 753 g/mol. The summed E-state index contributed by atoms with van der Waals surface area (Å²) in [6, 6.07) is 40.5. The van der Waals surface area contributed by atoms with Crippen LogP contribution in [-0.4, -0.2) is 15.0 Å². The first kappa shape index (κ1) is 24.5. The molecule has 1 unspecified atom stereocenters. The van der Waals surface area contributed by atoms with Gasteiger partial charge in [-0.1, -0.05) is 169 Å². The molecule has 2 aromatic heterocycles. The molecule has 2 heterocycles. The fraction of sp³-hybridized carbons (Fsp3) is 0.0377. The standard InChI is InChI=1S/C53H33N3S/c1-32-14-13-17-34(30-32)51-54-50(33-15-3-2-4-16-33)55-52(56-51)35-26-27-39-37-19-6-5-18-36(37)38-20-7-10-23-43(38)53(46(39)31-35)44-24-11-8-22-42(44)48-45(53)29-28-41-40-21-9-12-25-47(40)57-49(41)48/h2-31H,1H3/i2D,3D,4D,13D,14D,15D,16D,17D,30D. The van der Waals surface area contributed by atoms with E-state index < -0.39 is 47.7 Å². The lowest BCUT2D eigenvalue weighted by atomic mass is 9.65. The number of rotatable bonds is 3. The van der Waals surface area contributed by atoms with Gasteiger partial charge >= 0.3 is 0 Å². The van der Waals surface area contributed by atoms with Crippen molar-refractivity contribution in [3.05, 3.63) is 210 Å². The molecule has 12 rings (SSSR count). The second-order valence-electron chi connectivity index (χ2n) is 14.4. The highest BCUT2D eigenvalue weighted by molar-refractivity contribution is 7.26. The fourth-order valence-corrected chi connectivity index (χ4v) is 10.4. The van der Waals surface area contributed by atoms with Gasteiger partial charge in [0.05, 0.1) is 17.8 Å². The summed E-state index contributed by atoms with van der Waals surface area (Å²) in [5, 5.41) is 2.39. The molecule has 8 aromatic carbocycles. The van der Waals surface area contributed by atoms with Crippen molar-refractivity contribution in [2.24, 2.45) is 0 Å². The molecule has 0 fully saturated rings. The third kappa shape index (κ3) is 4.62. The van der Waals surface area contributed by atoms with Crippen molar-refractivity contribution in [1.29, 1.82) is 0 Å². The van der Waals surface area contributed by atoms with Gasteiger partial charge in [-0.3, -0.25) is 0 Å². The topological polar surface area (TPSA) is 38.7 Å². The number of fused-ring (bicyclic) bond motifs is 16. The number of benzene rings is 8. The number of thiophene rings is 1. The second-order valence-corrected chi connectivity index (χ2v) is 15.5. The molecule has 1 atom stereocenters. The van der Waals surface area contributed by atoms with E-state index in [4.69, 9.17) is 22.3 Å². The number of nitrogens with zero attached hydrogens (tertiary/aromatic N) is 3. The normalized spacial score (nSPS) is 17.0. The largest absolute Gasteiger partial charge is 0.208 e. The maximum atomic E-state index is 9.09. The van der Waals surface area contributed by atoms with E-state index in [1.54, 1.807) is 11.3 Å². The number of aromatic nitrogens is 3. The lowest BCUT2D eigenvalue weighted by Crippen LogP contribution is -2.29. The molecule has 3 nitrogen and oxygen atoms in total. The van der Waals surface area contributed by atoms with Gasteiger partial charge in [0.15, 0.2) is 17.5 Å². The Morgan fingerprint density at radius 1 is 0.474 bits per heavy atom. The van der Waals surface area contributed by atoms with Crippen molar-refractivity contribution < 1.29 is 12.3 Å². The molecular formula is C53H33N3S. The molecular weight excluding hydrogens is 711 g/mol. The summed E-state index contributed by atoms with van der Waals surface area (Å²) < 4.78 is 80.7. The maximum Gasteiger partial charge on any atom is 0.164 e. The monoisotopic (exact) mass is 752 g/mol. The summed E-state index contributed by atoms with van der Waals surface area (Å²) in [6.07, 6.45) is 0. The quantitative estimate of drug-likeness (QED) is 0.180. The van der Waals surface area contributed by atoms with Crippen molar-refractivity contribution in [3.8, 4) is 67.5 Å². The first-order chi connectivity index (χ1) is 31.9. The molecule has 4 heteroatoms. The van der Waals surface area contributed by atoms with Gasteiger partial charge in [0.25, 0.3) is 0 Å². The van der Waals surface area contributed by atoms with Crippen LogP contribution in [0.3, 0.4) is 0 Å². The first-order valence-electron chi connectivity index (χ1n) is 23.2. The van der Waals surface area contributed by atoms with Crippen LogP contribution in [0, 0.1) is 6.92 Å². The smallest absolute Gasteiger partial charge is 0.164 e. The molecule has 57 heavy (non-hydrogen) atoms. The summed E-state index contributed by atoms with van der Waals surface area (Å²) in [7, 11) is 0. The van der Waals surface area contributed by atoms with Crippen LogP contribution in [0.25, 0.3) is 87.7 Å². The minimum Gasteiger partial charge on any atom is -0.208 e. The Balaban J connectivity index is 1.22. The van der Waals surface area contributed by atoms with Crippen LogP contribution in [0.15, 0.2) is 182 Å². The zero-order valence-corrected chi connectivity index (χ0v) is 31.2. The van der Waals surface area contributed by atoms with Crippen LogP contribution < -0.4 is 0 Å². The summed E-state index contributed by atoms with van der Waals surface area (Å²) in [5.41, 5.74) is 10.1. The highest BCUT2D eigenvalue weighted by atomic mass is 32.1. The Morgan fingerprint density at radius 2 is 1.09 bits per heavy atom. The highest BCUT2D eigenvalue weighted by Gasteiger charge is 2.50. The molecule has 1 spiro atoms. The summed E-state index contributed by atoms with van der Waals surface area (Å²) in [4.78, 5) is 14.4. The molecule has 0 saturated carbocycles. The maximum absolute atomic E-state index is 9.09. The fourth-order valence-electron chi connectivity index (χ4n) is 9.13. The van der Waals surface area contributed by atoms with Gasteiger partial charge in [-0.2, -0.15) is 0 Å². The summed E-state index contributed by atoms with van der Waals surface area (Å²) >= 11 is 1.79. The summed E-state index contributed by atoms with van der Waals surface area (Å²) in [5.74, 6) is -0.388. The lowest BCUT2D eigenvalue weighted by Gasteiger charge is -2.35. The van der Waals surface area contributed by atoms with Gasteiger partial charge in [0, 0.05) is 42.4 Å². The molecule has 2 aliphatic carbocycles. The van der Waals surface area contributed by atoms with Crippen molar-refractivity contribution >= 4 is 31.5 Å². The summed E-state index contributed by atoms with van der Waals surface area (Å²) in [6.45, 7) is 1.52. The van der Waals surface area contributed by atoms with E-state index in [9.17, 15) is 0 Å². The van der Waals surface area contributed by atoms with Crippen LogP contribution in [0.5, 0.6) is 0 Å². The van der Waals surface area contributed by atoms with Crippen LogP contribution in [0.2, 0.25) is 0 Å². The second kappa shape index (κ2) is 12.2. The predicted octanol–water partition coefficient (Wildman–Crippen LogP) is 13.6. The molecule has 0 N–H and O–H groups in total. The van der Waals surface area contributed by atoms with Gasteiger partial charge < -0.3 is 0 Å². The van der Waals surface area contributed by atoms with Crippen molar-refractivity contribution in [2.75, 3.05) is 0 Å². The molecule has 0 saturated heterocycles. The van der Waals surface area contributed by atoms with Gasteiger partial charge in [-0.25, -0.2) is 15.0 Å². The Labute approximate surface area is 347 Å². The molecule has 0 amide bonds. The van der Waals surface area contributed by atoms with Crippen molar-refractivity contribution in [1.82, 2.24) is 15.0 Å². The SMILES string of the molecule is [2H]c1c([2H])c([2H])c(-c2nc(-c3ccc4c(c3)C3(c5ccccc5-c5ccccc5-4)c4ccccc4-c4c3ccc3c4sc4ccccc43)nc(-c3c([2H])c([2H])c([2H])c(C)c3[2H])n2)c([2H])c1[2H]. The lowest BCUT2D eigenvalue weighted by molar-refractivity contribution is 0.776. The van der Waals surface area contributed by atoms with Gasteiger partial charge in [0.2, 0.25) is 0 Å². The predicted molar refractivity (Wildman–Crippen MR) is 235 cm³/mol. The molecule has 2 aliphatic rings. The zero-order chi connectivity index (χ0) is 45.5. The van der Waals surface area contributed by atoms with Gasteiger partial charge in [-0.15, -0.1) is 11.3 Å². The Hall–Kier alpha value is -7.01. The molecule has 0 radical (unpaired) electrons. The van der Waals surface area contributed by atoms with Crippen LogP contribution in [0.4, 0.5) is 0 Å². The molecule has 10 aromatic rings. The molecule has 0 bridgehead atoms. The Kier molecular flexibility index (Phi) is 5.26. The van der Waals surface area contributed by atoms with Gasteiger partial charge in [0.1, 0.15) is 0 Å². The average Bonchev–Trinajstić information content (AvgIpc) is 3.84. The van der Waals surface area contributed by atoms with E-state index in [0.29, 0.717) is 5.56 Å². The highest BCUT2D eigenvalue weighted by Crippen LogP contribution is 2.63. The molecule has 266 valence electrons. The Morgan fingerprint density at radius 3 is 1.88 bits per heavy atom. The minimum absolute atomic E-state index is 0.0648. The van der Waals surface area contributed by atoms with Crippen molar-refractivity contribution in [2.45, 2.75) is 12.3 Å². The van der Waals surface area contributed by atoms with E-state index >= 15 is 0 Å². The van der Waals surface area contributed by atoms with Crippen LogP contribution >= 0.6 is 11.3 Å². The van der Waals surface area contributed by atoms with E-state index in [2.05, 4.69) is 120 Å².